The van der Waals surface area contributed by atoms with Crippen molar-refractivity contribution in [2.24, 2.45) is 5.84 Å². The zero-order valence-electron chi connectivity index (χ0n) is 11.7. The van der Waals surface area contributed by atoms with E-state index in [2.05, 4.69) is 22.4 Å². The Balaban J connectivity index is 1.67. The van der Waals surface area contributed by atoms with Crippen LogP contribution in [0.15, 0.2) is 35.1 Å². The molecule has 2 heterocycles. The Hall–Kier alpha value is -1.59. The average molecular weight is 274 g/mol. The van der Waals surface area contributed by atoms with Gasteiger partial charge in [-0.3, -0.25) is 10.5 Å². The van der Waals surface area contributed by atoms with E-state index in [1.165, 1.54) is 32.1 Å². The van der Waals surface area contributed by atoms with Gasteiger partial charge in [-0.15, -0.1) is 0 Å². The van der Waals surface area contributed by atoms with Crippen LogP contribution in [0.5, 0.6) is 0 Å². The van der Waals surface area contributed by atoms with Crippen molar-refractivity contribution in [2.75, 3.05) is 0 Å². The molecule has 2 aromatic heterocycles. The minimum atomic E-state index is -0.0281. The Labute approximate surface area is 119 Å². The van der Waals surface area contributed by atoms with Gasteiger partial charge >= 0.3 is 0 Å². The topological polar surface area (TPSA) is 69.0 Å². The Kier molecular flexibility index (Phi) is 4.18. The molecule has 1 saturated carbocycles. The quantitative estimate of drug-likeness (QED) is 0.649. The fourth-order valence-electron chi connectivity index (χ4n) is 2.98. The van der Waals surface area contributed by atoms with Crippen molar-refractivity contribution in [1.29, 1.82) is 0 Å². The molecule has 0 spiro atoms. The van der Waals surface area contributed by atoms with Gasteiger partial charge in [-0.25, -0.2) is 5.43 Å². The molecule has 108 valence electrons. The highest BCUT2D eigenvalue weighted by Crippen LogP contribution is 2.27. The number of rotatable bonds is 5. The summed E-state index contributed by atoms with van der Waals surface area (Å²) in [6.07, 6.45) is 11.0. The van der Waals surface area contributed by atoms with Crippen LogP contribution in [0.25, 0.3) is 0 Å². The molecule has 0 bridgehead atoms. The normalized spacial score (nSPS) is 18.2. The van der Waals surface area contributed by atoms with Gasteiger partial charge in [0.1, 0.15) is 5.76 Å². The highest BCUT2D eigenvalue weighted by Gasteiger charge is 2.18. The summed E-state index contributed by atoms with van der Waals surface area (Å²) < 4.78 is 7.53. The Morgan fingerprint density at radius 1 is 1.35 bits per heavy atom. The van der Waals surface area contributed by atoms with Crippen molar-refractivity contribution in [3.05, 3.63) is 42.1 Å². The maximum Gasteiger partial charge on any atom is 0.122 e. The molecule has 0 aromatic carbocycles. The first-order valence-corrected chi connectivity index (χ1v) is 7.40. The number of aromatic nitrogens is 2. The van der Waals surface area contributed by atoms with Gasteiger partial charge in [-0.1, -0.05) is 19.3 Å². The lowest BCUT2D eigenvalue weighted by Gasteiger charge is -2.21. The lowest BCUT2D eigenvalue weighted by atomic mass is 9.96. The van der Waals surface area contributed by atoms with Crippen LogP contribution >= 0.6 is 0 Å². The van der Waals surface area contributed by atoms with E-state index in [1.807, 2.05) is 12.1 Å². The van der Waals surface area contributed by atoms with Crippen molar-refractivity contribution < 1.29 is 4.42 Å². The van der Waals surface area contributed by atoms with Crippen molar-refractivity contribution in [3.8, 4) is 0 Å². The molecule has 5 heteroatoms. The second-order valence-electron chi connectivity index (χ2n) is 5.52. The molecule has 0 aliphatic heterocycles. The number of nitrogens with two attached hydrogens (primary N) is 1. The van der Waals surface area contributed by atoms with Crippen molar-refractivity contribution in [1.82, 2.24) is 15.2 Å². The summed E-state index contributed by atoms with van der Waals surface area (Å²) in [5.74, 6) is 6.46. The van der Waals surface area contributed by atoms with Crippen LogP contribution in [0, 0.1) is 0 Å². The molecule has 0 radical (unpaired) electrons. The largest absolute Gasteiger partial charge is 0.468 e. The minimum absolute atomic E-state index is 0.0281. The maximum atomic E-state index is 5.62. The summed E-state index contributed by atoms with van der Waals surface area (Å²) in [5, 5.41) is 4.71. The smallest absolute Gasteiger partial charge is 0.122 e. The lowest BCUT2D eigenvalue weighted by molar-refractivity contribution is 0.327. The molecule has 3 rings (SSSR count). The Morgan fingerprint density at radius 3 is 2.90 bits per heavy atom. The first-order valence-electron chi connectivity index (χ1n) is 7.40. The molecule has 1 atom stereocenters. The van der Waals surface area contributed by atoms with Crippen LogP contribution in [-0.4, -0.2) is 9.78 Å². The van der Waals surface area contributed by atoms with Crippen LogP contribution in [0.4, 0.5) is 0 Å². The molecule has 5 nitrogen and oxygen atoms in total. The van der Waals surface area contributed by atoms with Gasteiger partial charge in [0.2, 0.25) is 0 Å². The lowest BCUT2D eigenvalue weighted by Crippen LogP contribution is -2.29. The molecule has 0 amide bonds. The van der Waals surface area contributed by atoms with E-state index in [0.717, 1.165) is 17.9 Å². The number of nitrogens with one attached hydrogen (secondary N) is 1. The molecule has 1 fully saturated rings. The van der Waals surface area contributed by atoms with Crippen LogP contribution in [0.3, 0.4) is 0 Å². The van der Waals surface area contributed by atoms with E-state index < -0.39 is 0 Å². The van der Waals surface area contributed by atoms with Gasteiger partial charge < -0.3 is 4.42 Å². The standard InChI is InChI=1S/C15H22N4O/c16-17-14(15-7-4-10-20-15)11-12-8-9-19(18-12)13-5-2-1-3-6-13/h4,7-10,13-14,17H,1-3,5-6,11,16H2. The molecule has 2 aromatic rings. The molecule has 1 aliphatic rings. The van der Waals surface area contributed by atoms with Crippen LogP contribution in [0.2, 0.25) is 0 Å². The average Bonchev–Trinajstić information content (AvgIpc) is 3.17. The van der Waals surface area contributed by atoms with Gasteiger partial charge in [0, 0.05) is 12.6 Å². The summed E-state index contributed by atoms with van der Waals surface area (Å²) in [6, 6.07) is 6.44. The second-order valence-corrected chi connectivity index (χ2v) is 5.52. The third-order valence-electron chi connectivity index (χ3n) is 4.11. The number of furan rings is 1. The van der Waals surface area contributed by atoms with Gasteiger partial charge in [-0.2, -0.15) is 5.10 Å². The van der Waals surface area contributed by atoms with Gasteiger partial charge in [-0.05, 0) is 31.0 Å². The molecular formula is C15H22N4O. The molecule has 1 unspecified atom stereocenters. The maximum absolute atomic E-state index is 5.62. The van der Waals surface area contributed by atoms with E-state index in [4.69, 9.17) is 15.4 Å². The fraction of sp³-hybridized carbons (Fsp3) is 0.533. The summed E-state index contributed by atoms with van der Waals surface area (Å²) >= 11 is 0. The Morgan fingerprint density at radius 2 is 2.20 bits per heavy atom. The fourth-order valence-corrected chi connectivity index (χ4v) is 2.98. The van der Waals surface area contributed by atoms with Crippen LogP contribution < -0.4 is 11.3 Å². The van der Waals surface area contributed by atoms with Gasteiger partial charge in [0.25, 0.3) is 0 Å². The highest BCUT2D eigenvalue weighted by atomic mass is 16.3. The molecule has 3 N–H and O–H groups in total. The van der Waals surface area contributed by atoms with Crippen LogP contribution in [-0.2, 0) is 6.42 Å². The molecular weight excluding hydrogens is 252 g/mol. The van der Waals surface area contributed by atoms with Gasteiger partial charge in [0.15, 0.2) is 0 Å². The zero-order chi connectivity index (χ0) is 13.8. The molecule has 1 aliphatic carbocycles. The van der Waals surface area contributed by atoms with Crippen LogP contribution in [0.1, 0.15) is 55.6 Å². The predicted molar refractivity (Wildman–Crippen MR) is 76.8 cm³/mol. The summed E-state index contributed by atoms with van der Waals surface area (Å²) in [7, 11) is 0. The van der Waals surface area contributed by atoms with E-state index in [0.29, 0.717) is 6.04 Å². The third-order valence-corrected chi connectivity index (χ3v) is 4.11. The number of hydrazine groups is 1. The van der Waals surface area contributed by atoms with E-state index >= 15 is 0 Å². The first-order chi connectivity index (χ1) is 9.86. The third kappa shape index (κ3) is 2.94. The van der Waals surface area contributed by atoms with E-state index in [-0.39, 0.29) is 6.04 Å². The summed E-state index contributed by atoms with van der Waals surface area (Å²) in [5.41, 5.74) is 3.85. The highest BCUT2D eigenvalue weighted by molar-refractivity contribution is 5.10. The Bertz CT molecular complexity index is 514. The zero-order valence-corrected chi connectivity index (χ0v) is 11.7. The second kappa shape index (κ2) is 6.24. The van der Waals surface area contributed by atoms with Gasteiger partial charge in [0.05, 0.1) is 24.0 Å². The number of hydrogen-bond acceptors (Lipinski definition) is 4. The molecule has 0 saturated heterocycles. The summed E-state index contributed by atoms with van der Waals surface area (Å²) in [4.78, 5) is 0. The SMILES string of the molecule is NNC(Cc1ccn(C2CCCCC2)n1)c1ccco1. The van der Waals surface area contributed by atoms with Crippen molar-refractivity contribution >= 4 is 0 Å². The predicted octanol–water partition coefficient (Wildman–Crippen LogP) is 2.73. The number of nitrogens with zero attached hydrogens (tertiary/aromatic N) is 2. The number of hydrogen-bond donors (Lipinski definition) is 2. The van der Waals surface area contributed by atoms with Crippen molar-refractivity contribution in [3.63, 3.8) is 0 Å². The monoisotopic (exact) mass is 274 g/mol. The first kappa shape index (κ1) is 13.4. The molecule has 20 heavy (non-hydrogen) atoms. The van der Waals surface area contributed by atoms with Crippen molar-refractivity contribution in [2.45, 2.75) is 50.6 Å². The summed E-state index contributed by atoms with van der Waals surface area (Å²) in [6.45, 7) is 0. The minimum Gasteiger partial charge on any atom is -0.468 e. The van der Waals surface area contributed by atoms with E-state index in [1.54, 1.807) is 6.26 Å². The van der Waals surface area contributed by atoms with E-state index in [9.17, 15) is 0 Å².